The zero-order valence-electron chi connectivity index (χ0n) is 15.4. The van der Waals surface area contributed by atoms with Crippen molar-refractivity contribution in [1.82, 2.24) is 4.98 Å². The zero-order valence-corrected chi connectivity index (χ0v) is 16.3. The molecule has 1 N–H and O–H groups in total. The highest BCUT2D eigenvalue weighted by molar-refractivity contribution is 7.15. The summed E-state index contributed by atoms with van der Waals surface area (Å²) in [5.41, 5.74) is 1.79. The maximum absolute atomic E-state index is 13.0. The minimum Gasteiger partial charge on any atom is -0.493 e. The quantitative estimate of drug-likeness (QED) is 0.594. The molecule has 0 aliphatic rings. The van der Waals surface area contributed by atoms with Crippen LogP contribution in [0.25, 0.3) is 6.08 Å². The van der Waals surface area contributed by atoms with Crippen LogP contribution in [-0.4, -0.2) is 25.1 Å². The Morgan fingerprint density at radius 3 is 2.61 bits per heavy atom. The van der Waals surface area contributed by atoms with E-state index in [9.17, 15) is 9.18 Å². The van der Waals surface area contributed by atoms with Crippen molar-refractivity contribution in [3.8, 4) is 11.5 Å². The lowest BCUT2D eigenvalue weighted by Crippen LogP contribution is -2.07. The number of nitrogens with one attached hydrogen (secondary N) is 1. The molecule has 0 spiro atoms. The number of thiazole rings is 1. The normalized spacial score (nSPS) is 10.8. The van der Waals surface area contributed by atoms with E-state index < -0.39 is 0 Å². The second kappa shape index (κ2) is 9.14. The molecule has 0 unspecified atom stereocenters. The average Bonchev–Trinajstić information content (AvgIpc) is 3.14. The molecule has 5 nitrogen and oxygen atoms in total. The van der Waals surface area contributed by atoms with Crippen molar-refractivity contribution in [1.29, 1.82) is 0 Å². The summed E-state index contributed by atoms with van der Waals surface area (Å²) in [6.07, 6.45) is 5.46. The third-order valence-electron chi connectivity index (χ3n) is 3.91. The summed E-state index contributed by atoms with van der Waals surface area (Å²) in [5.74, 6) is 0.677. The van der Waals surface area contributed by atoms with E-state index in [-0.39, 0.29) is 11.7 Å². The minimum atomic E-state index is -0.280. The highest BCUT2D eigenvalue weighted by Crippen LogP contribution is 2.28. The summed E-state index contributed by atoms with van der Waals surface area (Å²) in [4.78, 5) is 17.3. The van der Waals surface area contributed by atoms with Gasteiger partial charge in [0.2, 0.25) is 5.91 Å². The number of carbonyl (C=O) groups excluding carboxylic acids is 1. The molecule has 0 radical (unpaired) electrons. The first-order chi connectivity index (χ1) is 13.6. The number of aromatic nitrogens is 1. The number of carbonyl (C=O) groups is 1. The molecule has 2 aromatic carbocycles. The van der Waals surface area contributed by atoms with Crippen molar-refractivity contribution in [2.75, 3.05) is 19.5 Å². The summed E-state index contributed by atoms with van der Waals surface area (Å²) >= 11 is 1.39. The SMILES string of the molecule is COc1ccc(/C=C/C(=O)Nc2ncc(Cc3ccc(F)cc3)s2)cc1OC. The monoisotopic (exact) mass is 398 g/mol. The lowest BCUT2D eigenvalue weighted by Gasteiger charge is -2.07. The summed E-state index contributed by atoms with van der Waals surface area (Å²) in [7, 11) is 3.13. The van der Waals surface area contributed by atoms with Crippen LogP contribution in [0.4, 0.5) is 9.52 Å². The Bertz CT molecular complexity index is 984. The first-order valence-corrected chi connectivity index (χ1v) is 9.29. The maximum atomic E-state index is 13.0. The lowest BCUT2D eigenvalue weighted by atomic mass is 10.1. The van der Waals surface area contributed by atoms with Crippen molar-refractivity contribution in [2.24, 2.45) is 0 Å². The van der Waals surface area contributed by atoms with E-state index in [4.69, 9.17) is 9.47 Å². The molecule has 0 fully saturated rings. The van der Waals surface area contributed by atoms with E-state index in [1.807, 2.05) is 6.07 Å². The molecule has 3 aromatic rings. The lowest BCUT2D eigenvalue weighted by molar-refractivity contribution is -0.111. The number of halogens is 1. The molecule has 1 amide bonds. The van der Waals surface area contributed by atoms with Gasteiger partial charge in [-0.2, -0.15) is 0 Å². The van der Waals surface area contributed by atoms with Crippen LogP contribution in [0.5, 0.6) is 11.5 Å². The van der Waals surface area contributed by atoms with Crippen LogP contribution < -0.4 is 14.8 Å². The molecule has 28 heavy (non-hydrogen) atoms. The number of rotatable bonds is 7. The first kappa shape index (κ1) is 19.6. The van der Waals surface area contributed by atoms with Crippen molar-refractivity contribution < 1.29 is 18.7 Å². The predicted molar refractivity (Wildman–Crippen MR) is 109 cm³/mol. The highest BCUT2D eigenvalue weighted by atomic mass is 32.1. The summed E-state index contributed by atoms with van der Waals surface area (Å²) < 4.78 is 23.4. The summed E-state index contributed by atoms with van der Waals surface area (Å²) in [6.45, 7) is 0. The van der Waals surface area contributed by atoms with Crippen LogP contribution in [0, 0.1) is 5.82 Å². The van der Waals surface area contributed by atoms with Crippen molar-refractivity contribution in [3.05, 3.63) is 76.6 Å². The summed E-state index contributed by atoms with van der Waals surface area (Å²) in [6, 6.07) is 11.7. The van der Waals surface area contributed by atoms with Crippen molar-refractivity contribution in [3.63, 3.8) is 0 Å². The van der Waals surface area contributed by atoms with Crippen LogP contribution in [0.1, 0.15) is 16.0 Å². The van der Waals surface area contributed by atoms with E-state index in [1.165, 1.54) is 29.5 Å². The standard InChI is InChI=1S/C21H19FN2O3S/c1-26-18-9-5-15(12-19(18)27-2)6-10-20(25)24-21-23-13-17(28-21)11-14-3-7-16(22)8-4-14/h3-10,12-13H,11H2,1-2H3,(H,23,24,25)/b10-6+. The first-order valence-electron chi connectivity index (χ1n) is 8.47. The van der Waals surface area contributed by atoms with Gasteiger partial charge < -0.3 is 9.47 Å². The minimum absolute atomic E-state index is 0.262. The topological polar surface area (TPSA) is 60.5 Å². The average molecular weight is 398 g/mol. The van der Waals surface area contributed by atoms with Gasteiger partial charge in [0.25, 0.3) is 0 Å². The molecule has 144 valence electrons. The highest BCUT2D eigenvalue weighted by Gasteiger charge is 2.07. The Kier molecular flexibility index (Phi) is 6.39. The third kappa shape index (κ3) is 5.17. The molecule has 0 atom stereocenters. The van der Waals surface area contributed by atoms with Gasteiger partial charge in [-0.05, 0) is 41.5 Å². The molecule has 0 aliphatic heterocycles. The van der Waals surface area contributed by atoms with Gasteiger partial charge in [0.15, 0.2) is 16.6 Å². The Hall–Kier alpha value is -3.19. The van der Waals surface area contributed by atoms with Gasteiger partial charge in [-0.15, -0.1) is 11.3 Å². The molecule has 7 heteroatoms. The number of hydrogen-bond acceptors (Lipinski definition) is 5. The molecule has 3 rings (SSSR count). The van der Waals surface area contributed by atoms with E-state index in [1.54, 1.807) is 50.8 Å². The number of benzene rings is 2. The predicted octanol–water partition coefficient (Wildman–Crippen LogP) is 4.54. The fraction of sp³-hybridized carbons (Fsp3) is 0.143. The number of nitrogens with zero attached hydrogens (tertiary/aromatic N) is 1. The smallest absolute Gasteiger partial charge is 0.250 e. The van der Waals surface area contributed by atoms with Gasteiger partial charge in [-0.25, -0.2) is 9.37 Å². The van der Waals surface area contributed by atoms with Gasteiger partial charge in [-0.1, -0.05) is 18.2 Å². The fourth-order valence-corrected chi connectivity index (χ4v) is 3.38. The van der Waals surface area contributed by atoms with E-state index >= 15 is 0 Å². The largest absolute Gasteiger partial charge is 0.493 e. The van der Waals surface area contributed by atoms with E-state index in [0.29, 0.717) is 23.1 Å². The van der Waals surface area contributed by atoms with Crippen LogP contribution >= 0.6 is 11.3 Å². The Morgan fingerprint density at radius 1 is 1.14 bits per heavy atom. The zero-order chi connectivity index (χ0) is 19.9. The van der Waals surface area contributed by atoms with Gasteiger partial charge >= 0.3 is 0 Å². The third-order valence-corrected chi connectivity index (χ3v) is 4.82. The molecule has 0 bridgehead atoms. The number of methoxy groups -OCH3 is 2. The number of hydrogen-bond donors (Lipinski definition) is 1. The molecule has 1 aromatic heterocycles. The molecule has 0 saturated heterocycles. The van der Waals surface area contributed by atoms with Gasteiger partial charge in [-0.3, -0.25) is 10.1 Å². The van der Waals surface area contributed by atoms with E-state index in [0.717, 1.165) is 16.0 Å². The molecular formula is C21H19FN2O3S. The maximum Gasteiger partial charge on any atom is 0.250 e. The van der Waals surface area contributed by atoms with Crippen molar-refractivity contribution in [2.45, 2.75) is 6.42 Å². The van der Waals surface area contributed by atoms with Crippen molar-refractivity contribution >= 4 is 28.5 Å². The molecular weight excluding hydrogens is 379 g/mol. The molecule has 0 saturated carbocycles. The van der Waals surface area contributed by atoms with Gasteiger partial charge in [0.05, 0.1) is 14.2 Å². The Balaban J connectivity index is 1.60. The summed E-state index contributed by atoms with van der Waals surface area (Å²) in [5, 5.41) is 3.26. The van der Waals surface area contributed by atoms with E-state index in [2.05, 4.69) is 10.3 Å². The Labute approximate surface area is 166 Å². The Morgan fingerprint density at radius 2 is 1.89 bits per heavy atom. The van der Waals surface area contributed by atoms with Crippen LogP contribution in [0.15, 0.2) is 54.7 Å². The molecule has 0 aliphatic carbocycles. The second-order valence-electron chi connectivity index (χ2n) is 5.87. The number of anilines is 1. The number of amides is 1. The van der Waals surface area contributed by atoms with Crippen LogP contribution in [-0.2, 0) is 11.2 Å². The second-order valence-corrected chi connectivity index (χ2v) is 6.99. The van der Waals surface area contributed by atoms with Gasteiger partial charge in [0.1, 0.15) is 5.82 Å². The van der Waals surface area contributed by atoms with Crippen LogP contribution in [0.2, 0.25) is 0 Å². The fourth-order valence-electron chi connectivity index (χ4n) is 2.53. The number of ether oxygens (including phenoxy) is 2. The van der Waals surface area contributed by atoms with Crippen LogP contribution in [0.3, 0.4) is 0 Å². The molecule has 1 heterocycles. The van der Waals surface area contributed by atoms with Gasteiger partial charge in [0, 0.05) is 23.6 Å².